The molecule has 0 aromatic carbocycles. The van der Waals surface area contributed by atoms with Crippen LogP contribution in [0.4, 0.5) is 0 Å². The molecule has 0 aliphatic carbocycles. The van der Waals surface area contributed by atoms with Crippen LogP contribution in [0.25, 0.3) is 0 Å². The topological polar surface area (TPSA) is 40.5 Å². The van der Waals surface area contributed by atoms with Crippen molar-refractivity contribution in [2.75, 3.05) is 24.6 Å². The average molecular weight is 245 g/mol. The van der Waals surface area contributed by atoms with Gasteiger partial charge in [-0.15, -0.1) is 0 Å². The summed E-state index contributed by atoms with van der Waals surface area (Å²) in [5.41, 5.74) is 0. The van der Waals surface area contributed by atoms with Crippen molar-refractivity contribution in [1.82, 2.24) is 4.90 Å². The van der Waals surface area contributed by atoms with Crippen LogP contribution in [0.3, 0.4) is 0 Å². The fraction of sp³-hybridized carbons (Fsp3) is 0.917. The molecule has 0 radical (unpaired) electrons. The zero-order valence-electron chi connectivity index (χ0n) is 10.3. The third-order valence-corrected chi connectivity index (χ3v) is 4.29. The molecule has 0 saturated carbocycles. The summed E-state index contributed by atoms with van der Waals surface area (Å²) in [6.07, 6.45) is 2.86. The van der Waals surface area contributed by atoms with Gasteiger partial charge in [-0.1, -0.05) is 6.92 Å². The molecule has 0 aromatic rings. The summed E-state index contributed by atoms with van der Waals surface area (Å²) in [4.78, 5) is 13.3. The van der Waals surface area contributed by atoms with Crippen LogP contribution in [-0.2, 0) is 4.79 Å². The minimum atomic E-state index is -0.618. The Bertz CT molecular complexity index is 223. The summed E-state index contributed by atoms with van der Waals surface area (Å²) in [6, 6.07) is 0.432. The van der Waals surface area contributed by atoms with E-state index in [2.05, 4.69) is 18.7 Å². The number of aliphatic carboxylic acids is 1. The number of rotatable bonds is 6. The lowest BCUT2D eigenvalue weighted by molar-refractivity contribution is -0.144. The van der Waals surface area contributed by atoms with E-state index >= 15 is 0 Å². The van der Waals surface area contributed by atoms with E-state index in [1.807, 2.05) is 11.8 Å². The molecule has 0 aromatic heterocycles. The molecule has 3 nitrogen and oxygen atoms in total. The largest absolute Gasteiger partial charge is 0.481 e. The highest BCUT2D eigenvalue weighted by atomic mass is 32.2. The molecule has 94 valence electrons. The SMILES string of the molecule is CCSCCCN1CCC(C(=O)O)CC1C. The van der Waals surface area contributed by atoms with Crippen LogP contribution in [0.15, 0.2) is 0 Å². The molecule has 0 amide bonds. The van der Waals surface area contributed by atoms with Crippen LogP contribution < -0.4 is 0 Å². The molecule has 1 N–H and O–H groups in total. The van der Waals surface area contributed by atoms with E-state index in [9.17, 15) is 4.79 Å². The maximum Gasteiger partial charge on any atom is 0.306 e. The van der Waals surface area contributed by atoms with Crippen molar-refractivity contribution in [3.63, 3.8) is 0 Å². The van der Waals surface area contributed by atoms with E-state index in [4.69, 9.17) is 5.11 Å². The van der Waals surface area contributed by atoms with Gasteiger partial charge in [0.2, 0.25) is 0 Å². The van der Waals surface area contributed by atoms with Gasteiger partial charge in [-0.3, -0.25) is 4.79 Å². The molecular weight excluding hydrogens is 222 g/mol. The second-order valence-electron chi connectivity index (χ2n) is 4.50. The maximum atomic E-state index is 10.9. The van der Waals surface area contributed by atoms with Gasteiger partial charge in [0.15, 0.2) is 0 Å². The lowest BCUT2D eigenvalue weighted by Crippen LogP contribution is -2.43. The molecule has 0 bridgehead atoms. The van der Waals surface area contributed by atoms with Crippen molar-refractivity contribution in [1.29, 1.82) is 0 Å². The fourth-order valence-corrected chi connectivity index (χ4v) is 2.91. The third kappa shape index (κ3) is 4.34. The van der Waals surface area contributed by atoms with Gasteiger partial charge in [0.1, 0.15) is 0 Å². The number of hydrogen-bond donors (Lipinski definition) is 1. The first-order valence-corrected chi connectivity index (χ1v) is 7.35. The lowest BCUT2D eigenvalue weighted by Gasteiger charge is -2.36. The van der Waals surface area contributed by atoms with Crippen LogP contribution in [-0.4, -0.2) is 46.6 Å². The molecular formula is C12H23NO2S. The minimum Gasteiger partial charge on any atom is -0.481 e. The van der Waals surface area contributed by atoms with Crippen LogP contribution in [0.5, 0.6) is 0 Å². The van der Waals surface area contributed by atoms with Crippen LogP contribution in [0.1, 0.15) is 33.1 Å². The molecule has 2 unspecified atom stereocenters. The predicted molar refractivity (Wildman–Crippen MR) is 69.0 cm³/mol. The normalized spacial score (nSPS) is 26.9. The summed E-state index contributed by atoms with van der Waals surface area (Å²) >= 11 is 1.98. The van der Waals surface area contributed by atoms with E-state index in [0.29, 0.717) is 6.04 Å². The van der Waals surface area contributed by atoms with Gasteiger partial charge in [0.05, 0.1) is 5.92 Å². The van der Waals surface area contributed by atoms with Crippen LogP contribution >= 0.6 is 11.8 Å². The first-order valence-electron chi connectivity index (χ1n) is 6.19. The quantitative estimate of drug-likeness (QED) is 0.729. The van der Waals surface area contributed by atoms with Crippen molar-refractivity contribution in [3.05, 3.63) is 0 Å². The second-order valence-corrected chi connectivity index (χ2v) is 5.89. The molecule has 2 atom stereocenters. The van der Waals surface area contributed by atoms with E-state index < -0.39 is 5.97 Å². The van der Waals surface area contributed by atoms with Gasteiger partial charge in [-0.25, -0.2) is 0 Å². The van der Waals surface area contributed by atoms with Gasteiger partial charge < -0.3 is 10.0 Å². The van der Waals surface area contributed by atoms with E-state index in [1.165, 1.54) is 17.9 Å². The number of thioether (sulfide) groups is 1. The Labute approximate surface area is 103 Å². The average Bonchev–Trinajstić information content (AvgIpc) is 2.26. The zero-order chi connectivity index (χ0) is 12.0. The van der Waals surface area contributed by atoms with Crippen molar-refractivity contribution < 1.29 is 9.90 Å². The first kappa shape index (κ1) is 13.8. The number of hydrogen-bond acceptors (Lipinski definition) is 3. The Morgan fingerprint density at radius 1 is 1.56 bits per heavy atom. The second kappa shape index (κ2) is 7.17. The number of nitrogens with zero attached hydrogens (tertiary/aromatic N) is 1. The molecule has 16 heavy (non-hydrogen) atoms. The van der Waals surface area contributed by atoms with Crippen molar-refractivity contribution in [3.8, 4) is 0 Å². The fourth-order valence-electron chi connectivity index (χ4n) is 2.29. The molecule has 1 rings (SSSR count). The number of carboxylic acids is 1. The van der Waals surface area contributed by atoms with E-state index in [0.717, 1.165) is 25.9 Å². The lowest BCUT2D eigenvalue weighted by atomic mass is 9.92. The van der Waals surface area contributed by atoms with Crippen LogP contribution in [0.2, 0.25) is 0 Å². The standard InChI is InChI=1S/C12H23NO2S/c1-3-16-8-4-6-13-7-5-11(12(14)15)9-10(13)2/h10-11H,3-9H2,1-2H3,(H,14,15). The molecule has 1 heterocycles. The van der Waals surface area contributed by atoms with E-state index in [-0.39, 0.29) is 5.92 Å². The number of carbonyl (C=O) groups is 1. The molecule has 1 aliphatic heterocycles. The Hall–Kier alpha value is -0.220. The van der Waals surface area contributed by atoms with E-state index in [1.54, 1.807) is 0 Å². The summed E-state index contributed by atoms with van der Waals surface area (Å²) in [5.74, 6) is 1.68. The van der Waals surface area contributed by atoms with Crippen molar-refractivity contribution >= 4 is 17.7 Å². The van der Waals surface area contributed by atoms with Gasteiger partial charge in [-0.2, -0.15) is 11.8 Å². The Morgan fingerprint density at radius 3 is 2.88 bits per heavy atom. The Balaban J connectivity index is 2.22. The highest BCUT2D eigenvalue weighted by Gasteiger charge is 2.28. The molecule has 1 fully saturated rings. The number of piperidine rings is 1. The maximum absolute atomic E-state index is 10.9. The smallest absolute Gasteiger partial charge is 0.306 e. The number of carboxylic acid groups (broad SMARTS) is 1. The Morgan fingerprint density at radius 2 is 2.31 bits per heavy atom. The summed E-state index contributed by atoms with van der Waals surface area (Å²) in [7, 11) is 0. The highest BCUT2D eigenvalue weighted by Crippen LogP contribution is 2.23. The Kier molecular flexibility index (Phi) is 6.21. The van der Waals surface area contributed by atoms with Crippen molar-refractivity contribution in [2.45, 2.75) is 39.2 Å². The molecule has 4 heteroatoms. The molecule has 0 spiro atoms. The zero-order valence-corrected chi connectivity index (χ0v) is 11.1. The van der Waals surface area contributed by atoms with Gasteiger partial charge in [0.25, 0.3) is 0 Å². The molecule has 1 aliphatic rings. The highest BCUT2D eigenvalue weighted by molar-refractivity contribution is 7.99. The van der Waals surface area contributed by atoms with Crippen LogP contribution in [0, 0.1) is 5.92 Å². The molecule has 1 saturated heterocycles. The van der Waals surface area contributed by atoms with Gasteiger partial charge >= 0.3 is 5.97 Å². The third-order valence-electron chi connectivity index (χ3n) is 3.30. The predicted octanol–water partition coefficient (Wildman–Crippen LogP) is 2.31. The monoisotopic (exact) mass is 245 g/mol. The number of likely N-dealkylation sites (tertiary alicyclic amines) is 1. The van der Waals surface area contributed by atoms with Gasteiger partial charge in [0, 0.05) is 6.04 Å². The minimum absolute atomic E-state index is 0.115. The summed E-state index contributed by atoms with van der Waals surface area (Å²) in [6.45, 7) is 6.42. The summed E-state index contributed by atoms with van der Waals surface area (Å²) < 4.78 is 0. The van der Waals surface area contributed by atoms with Gasteiger partial charge in [-0.05, 0) is 50.8 Å². The van der Waals surface area contributed by atoms with Crippen molar-refractivity contribution in [2.24, 2.45) is 5.92 Å². The summed E-state index contributed by atoms with van der Waals surface area (Å²) in [5, 5.41) is 8.97. The first-order chi connectivity index (χ1) is 7.65.